The second-order valence-corrected chi connectivity index (χ2v) is 7.58. The molecule has 0 spiro atoms. The van der Waals surface area contributed by atoms with Gasteiger partial charge in [-0.3, -0.25) is 4.72 Å². The minimum absolute atomic E-state index is 0.0837. The number of ether oxygens (including phenoxy) is 1. The molecule has 0 saturated carbocycles. The number of hydrogen-bond donors (Lipinski definition) is 2. The third kappa shape index (κ3) is 3.16. The molecule has 4 rings (SSSR count). The van der Waals surface area contributed by atoms with Crippen molar-refractivity contribution in [2.24, 2.45) is 0 Å². The Morgan fingerprint density at radius 1 is 1.19 bits per heavy atom. The zero-order chi connectivity index (χ0) is 18.1. The summed E-state index contributed by atoms with van der Waals surface area (Å²) in [5.41, 5.74) is 2.08. The fraction of sp³-hybridized carbons (Fsp3) is 0.235. The molecule has 136 valence electrons. The van der Waals surface area contributed by atoms with E-state index in [-0.39, 0.29) is 18.8 Å². The summed E-state index contributed by atoms with van der Waals surface area (Å²) in [4.78, 5) is 7.22. The lowest BCUT2D eigenvalue weighted by Crippen LogP contribution is -2.43. The van der Waals surface area contributed by atoms with Crippen molar-refractivity contribution in [3.63, 3.8) is 0 Å². The van der Waals surface area contributed by atoms with Crippen molar-refractivity contribution in [1.82, 2.24) is 14.3 Å². The van der Waals surface area contributed by atoms with Crippen molar-refractivity contribution >= 4 is 26.9 Å². The first-order valence-corrected chi connectivity index (χ1v) is 9.56. The predicted octanol–water partition coefficient (Wildman–Crippen LogP) is 2.36. The lowest BCUT2D eigenvalue weighted by atomic mass is 10.0. The molecule has 0 bridgehead atoms. The number of anilines is 1. The molecule has 26 heavy (non-hydrogen) atoms. The summed E-state index contributed by atoms with van der Waals surface area (Å²) in [5, 5.41) is 0.869. The summed E-state index contributed by atoms with van der Waals surface area (Å²) < 4.78 is 48.0. The molecule has 0 radical (unpaired) electrons. The second kappa shape index (κ2) is 6.67. The molecular weight excluding hydrogens is 359 g/mol. The molecule has 1 saturated heterocycles. The number of nitrogens with zero attached hydrogens (tertiary/aromatic N) is 2. The van der Waals surface area contributed by atoms with Crippen molar-refractivity contribution in [2.45, 2.75) is 0 Å². The smallest absolute Gasteiger partial charge is 0.301 e. The number of benzene rings is 1. The number of rotatable bonds is 4. The van der Waals surface area contributed by atoms with E-state index < -0.39 is 16.0 Å². The van der Waals surface area contributed by atoms with Gasteiger partial charge in [0.15, 0.2) is 0 Å². The highest BCUT2D eigenvalue weighted by atomic mass is 32.2. The summed E-state index contributed by atoms with van der Waals surface area (Å²) >= 11 is 0. The number of H-pyrrole nitrogens is 1. The highest BCUT2D eigenvalue weighted by Gasteiger charge is 2.25. The van der Waals surface area contributed by atoms with Gasteiger partial charge in [-0.05, 0) is 35.4 Å². The molecule has 2 N–H and O–H groups in total. The normalized spacial score (nSPS) is 16.0. The monoisotopic (exact) mass is 376 g/mol. The SMILES string of the molecule is O=S(=O)(Nc1ccc(-c2ccnc3[nH]ccc23)cc1F)N1CCOCC1. The average molecular weight is 376 g/mol. The standard InChI is InChI=1S/C17H17FN4O3S/c18-15-11-12(13-3-5-19-17-14(13)4-6-20-17)1-2-16(15)21-26(23,24)22-7-9-25-10-8-22/h1-6,11,21H,7-10H2,(H,19,20). The molecule has 2 aromatic heterocycles. The predicted molar refractivity (Wildman–Crippen MR) is 96.4 cm³/mol. The van der Waals surface area contributed by atoms with E-state index >= 15 is 0 Å². The Morgan fingerprint density at radius 3 is 2.77 bits per heavy atom. The van der Waals surface area contributed by atoms with Crippen molar-refractivity contribution in [3.8, 4) is 11.1 Å². The van der Waals surface area contributed by atoms with E-state index in [0.29, 0.717) is 24.4 Å². The number of halogens is 1. The molecule has 1 aromatic carbocycles. The molecule has 1 aliphatic heterocycles. The van der Waals surface area contributed by atoms with Crippen molar-refractivity contribution in [2.75, 3.05) is 31.0 Å². The van der Waals surface area contributed by atoms with Crippen LogP contribution in [0.5, 0.6) is 0 Å². The number of fused-ring (bicyclic) bond motifs is 1. The van der Waals surface area contributed by atoms with Gasteiger partial charge >= 0.3 is 10.2 Å². The van der Waals surface area contributed by atoms with E-state index in [9.17, 15) is 12.8 Å². The van der Waals surface area contributed by atoms with Crippen LogP contribution in [0.2, 0.25) is 0 Å². The van der Waals surface area contributed by atoms with Crippen LogP contribution in [0.3, 0.4) is 0 Å². The van der Waals surface area contributed by atoms with Crippen LogP contribution in [0.1, 0.15) is 0 Å². The van der Waals surface area contributed by atoms with Crippen molar-refractivity contribution < 1.29 is 17.5 Å². The second-order valence-electron chi connectivity index (χ2n) is 5.91. The number of pyridine rings is 1. The van der Waals surface area contributed by atoms with Crippen LogP contribution in [0, 0.1) is 5.82 Å². The Bertz CT molecular complexity index is 1050. The van der Waals surface area contributed by atoms with Gasteiger partial charge in [-0.25, -0.2) is 9.37 Å². The molecular formula is C17H17FN4O3S. The fourth-order valence-electron chi connectivity index (χ4n) is 2.97. The van der Waals surface area contributed by atoms with Gasteiger partial charge in [0, 0.05) is 30.9 Å². The zero-order valence-corrected chi connectivity index (χ0v) is 14.6. The van der Waals surface area contributed by atoms with Crippen LogP contribution in [-0.2, 0) is 14.9 Å². The van der Waals surface area contributed by atoms with Crippen LogP contribution >= 0.6 is 0 Å². The van der Waals surface area contributed by atoms with Crippen LogP contribution in [-0.4, -0.2) is 49.0 Å². The van der Waals surface area contributed by atoms with E-state index in [1.54, 1.807) is 24.5 Å². The van der Waals surface area contributed by atoms with Crippen molar-refractivity contribution in [1.29, 1.82) is 0 Å². The molecule has 0 atom stereocenters. The minimum Gasteiger partial charge on any atom is -0.379 e. The van der Waals surface area contributed by atoms with E-state index in [1.165, 1.54) is 16.4 Å². The third-order valence-electron chi connectivity index (χ3n) is 4.29. The van der Waals surface area contributed by atoms with Gasteiger partial charge in [-0.15, -0.1) is 0 Å². The van der Waals surface area contributed by atoms with Crippen LogP contribution in [0.4, 0.5) is 10.1 Å². The Morgan fingerprint density at radius 2 is 2.00 bits per heavy atom. The first-order chi connectivity index (χ1) is 12.5. The van der Waals surface area contributed by atoms with Crippen LogP contribution < -0.4 is 4.72 Å². The van der Waals surface area contributed by atoms with Crippen LogP contribution in [0.15, 0.2) is 42.7 Å². The highest BCUT2D eigenvalue weighted by molar-refractivity contribution is 7.90. The van der Waals surface area contributed by atoms with E-state index in [4.69, 9.17) is 4.74 Å². The Kier molecular flexibility index (Phi) is 4.35. The first kappa shape index (κ1) is 17.0. The van der Waals surface area contributed by atoms with Gasteiger partial charge in [0.25, 0.3) is 0 Å². The maximum absolute atomic E-state index is 14.6. The highest BCUT2D eigenvalue weighted by Crippen LogP contribution is 2.30. The maximum Gasteiger partial charge on any atom is 0.301 e. The zero-order valence-electron chi connectivity index (χ0n) is 13.8. The third-order valence-corrected chi connectivity index (χ3v) is 5.81. The van der Waals surface area contributed by atoms with Crippen LogP contribution in [0.25, 0.3) is 22.2 Å². The molecule has 3 heterocycles. The average Bonchev–Trinajstić information content (AvgIpc) is 3.13. The molecule has 0 amide bonds. The number of morpholine rings is 1. The maximum atomic E-state index is 14.6. The van der Waals surface area contributed by atoms with Gasteiger partial charge in [0.05, 0.1) is 18.9 Å². The van der Waals surface area contributed by atoms with E-state index in [2.05, 4.69) is 14.7 Å². The first-order valence-electron chi connectivity index (χ1n) is 8.12. The summed E-state index contributed by atoms with van der Waals surface area (Å²) in [7, 11) is -3.81. The number of hydrogen-bond acceptors (Lipinski definition) is 4. The van der Waals surface area contributed by atoms with E-state index in [0.717, 1.165) is 10.9 Å². The van der Waals surface area contributed by atoms with Gasteiger partial charge in [0.1, 0.15) is 11.5 Å². The molecule has 9 heteroatoms. The minimum atomic E-state index is -3.81. The Balaban J connectivity index is 1.63. The fourth-order valence-corrected chi connectivity index (χ4v) is 4.17. The summed E-state index contributed by atoms with van der Waals surface area (Å²) in [6, 6.07) is 8.09. The lowest BCUT2D eigenvalue weighted by Gasteiger charge is -2.26. The summed E-state index contributed by atoms with van der Waals surface area (Å²) in [6.07, 6.45) is 3.41. The molecule has 3 aromatic rings. The Hall–Kier alpha value is -2.49. The molecule has 0 aliphatic carbocycles. The number of aromatic amines is 1. The van der Waals surface area contributed by atoms with Gasteiger partial charge in [-0.1, -0.05) is 6.07 Å². The van der Waals surface area contributed by atoms with E-state index in [1.807, 2.05) is 6.07 Å². The topological polar surface area (TPSA) is 87.3 Å². The molecule has 0 unspecified atom stereocenters. The van der Waals surface area contributed by atoms with Crippen molar-refractivity contribution in [3.05, 3.63) is 48.5 Å². The molecule has 1 fully saturated rings. The van der Waals surface area contributed by atoms with Gasteiger partial charge in [-0.2, -0.15) is 12.7 Å². The lowest BCUT2D eigenvalue weighted by molar-refractivity contribution is 0.0733. The number of aromatic nitrogens is 2. The Labute approximate surface area is 150 Å². The van der Waals surface area contributed by atoms with Gasteiger partial charge < -0.3 is 9.72 Å². The summed E-state index contributed by atoms with van der Waals surface area (Å²) in [6.45, 7) is 1.16. The summed E-state index contributed by atoms with van der Waals surface area (Å²) in [5.74, 6) is -0.639. The number of nitrogens with one attached hydrogen (secondary N) is 2. The quantitative estimate of drug-likeness (QED) is 0.732. The largest absolute Gasteiger partial charge is 0.379 e. The van der Waals surface area contributed by atoms with Gasteiger partial charge in [0.2, 0.25) is 0 Å². The molecule has 7 nitrogen and oxygen atoms in total. The molecule has 1 aliphatic rings.